The number of guanidine groups is 1. The van der Waals surface area contributed by atoms with E-state index < -0.39 is 0 Å². The third kappa shape index (κ3) is 6.53. The average molecular weight is 503 g/mol. The van der Waals surface area contributed by atoms with Gasteiger partial charge in [-0.15, -0.1) is 24.0 Å². The van der Waals surface area contributed by atoms with Gasteiger partial charge < -0.3 is 15.4 Å². The van der Waals surface area contributed by atoms with Crippen molar-refractivity contribution in [1.29, 1.82) is 0 Å². The van der Waals surface area contributed by atoms with Gasteiger partial charge in [-0.1, -0.05) is 30.3 Å². The SMILES string of the molecule is CN=C(NCC1(SC)CCOCC1)NC1CCC(c2ccccc2)CC1.I. The first-order chi connectivity index (χ1) is 12.7. The zero-order valence-corrected chi connectivity index (χ0v) is 19.7. The molecule has 2 N–H and O–H groups in total. The lowest BCUT2D eigenvalue weighted by atomic mass is 9.82. The molecule has 1 aromatic rings. The number of hydrogen-bond donors (Lipinski definition) is 2. The summed E-state index contributed by atoms with van der Waals surface area (Å²) in [4.78, 5) is 4.46. The van der Waals surface area contributed by atoms with Gasteiger partial charge in [0.05, 0.1) is 0 Å². The molecule has 0 unspecified atom stereocenters. The van der Waals surface area contributed by atoms with Crippen molar-refractivity contribution in [2.24, 2.45) is 4.99 Å². The van der Waals surface area contributed by atoms with E-state index in [0.29, 0.717) is 12.0 Å². The van der Waals surface area contributed by atoms with Crippen LogP contribution in [-0.4, -0.2) is 49.8 Å². The van der Waals surface area contributed by atoms with Crippen LogP contribution in [0.2, 0.25) is 0 Å². The van der Waals surface area contributed by atoms with Crippen LogP contribution < -0.4 is 10.6 Å². The highest BCUT2D eigenvalue weighted by Gasteiger charge is 2.32. The largest absolute Gasteiger partial charge is 0.381 e. The van der Waals surface area contributed by atoms with E-state index >= 15 is 0 Å². The van der Waals surface area contributed by atoms with Crippen LogP contribution in [0.3, 0.4) is 0 Å². The third-order valence-corrected chi connectivity index (χ3v) is 7.40. The topological polar surface area (TPSA) is 45.7 Å². The van der Waals surface area contributed by atoms with Gasteiger partial charge in [0.15, 0.2) is 5.96 Å². The third-order valence-electron chi connectivity index (χ3n) is 5.98. The predicted octanol–water partition coefficient (Wildman–Crippen LogP) is 4.41. The summed E-state index contributed by atoms with van der Waals surface area (Å²) in [5.74, 6) is 1.67. The fourth-order valence-electron chi connectivity index (χ4n) is 4.13. The zero-order chi connectivity index (χ0) is 18.2. The molecule has 0 amide bonds. The Kier molecular flexibility index (Phi) is 9.73. The molecule has 152 valence electrons. The van der Waals surface area contributed by atoms with Crippen LogP contribution in [0.4, 0.5) is 0 Å². The van der Waals surface area contributed by atoms with Crippen LogP contribution in [0, 0.1) is 0 Å². The molecule has 1 saturated carbocycles. The molecule has 0 atom stereocenters. The highest BCUT2D eigenvalue weighted by atomic mass is 127. The quantitative estimate of drug-likeness (QED) is 0.355. The second-order valence-electron chi connectivity index (χ2n) is 7.53. The highest BCUT2D eigenvalue weighted by Crippen LogP contribution is 2.34. The number of hydrogen-bond acceptors (Lipinski definition) is 3. The predicted molar refractivity (Wildman–Crippen MR) is 128 cm³/mol. The van der Waals surface area contributed by atoms with Gasteiger partial charge in [0, 0.05) is 37.6 Å². The van der Waals surface area contributed by atoms with E-state index in [1.807, 2.05) is 18.8 Å². The van der Waals surface area contributed by atoms with Gasteiger partial charge in [-0.2, -0.15) is 11.8 Å². The fourth-order valence-corrected chi connectivity index (χ4v) is 4.92. The van der Waals surface area contributed by atoms with Crippen molar-refractivity contribution in [1.82, 2.24) is 10.6 Å². The molecule has 0 bridgehead atoms. The zero-order valence-electron chi connectivity index (χ0n) is 16.6. The molecule has 1 heterocycles. The molecule has 1 saturated heterocycles. The Morgan fingerprint density at radius 1 is 1.15 bits per heavy atom. The lowest BCUT2D eigenvalue weighted by molar-refractivity contribution is 0.0782. The molecule has 6 heteroatoms. The second-order valence-corrected chi connectivity index (χ2v) is 8.80. The summed E-state index contributed by atoms with van der Waals surface area (Å²) in [5.41, 5.74) is 1.50. The Bertz CT molecular complexity index is 570. The van der Waals surface area contributed by atoms with Crippen LogP contribution in [0.15, 0.2) is 35.3 Å². The van der Waals surface area contributed by atoms with Gasteiger partial charge in [-0.05, 0) is 56.3 Å². The molecule has 1 aliphatic heterocycles. The molecule has 2 aliphatic rings. The molecule has 3 rings (SSSR count). The molecule has 0 aromatic heterocycles. The first-order valence-electron chi connectivity index (χ1n) is 9.90. The standard InChI is InChI=1S/C21H33N3OS.HI/c1-22-20(23-16-21(26-2)12-14-25-15-13-21)24-19-10-8-18(9-11-19)17-6-4-3-5-7-17;/h3-7,18-19H,8-16H2,1-2H3,(H2,22,23,24);1H. The number of nitrogens with one attached hydrogen (secondary N) is 2. The van der Waals surface area contributed by atoms with Crippen molar-refractivity contribution in [2.75, 3.05) is 33.1 Å². The minimum absolute atomic E-state index is 0. The summed E-state index contributed by atoms with van der Waals surface area (Å²) < 4.78 is 5.82. The molecule has 2 fully saturated rings. The van der Waals surface area contributed by atoms with Gasteiger partial charge in [0.25, 0.3) is 0 Å². The molecule has 1 aromatic carbocycles. The smallest absolute Gasteiger partial charge is 0.191 e. The lowest BCUT2D eigenvalue weighted by Gasteiger charge is -2.36. The molecule has 0 radical (unpaired) electrons. The normalized spacial score (nSPS) is 25.3. The van der Waals surface area contributed by atoms with E-state index in [4.69, 9.17) is 4.74 Å². The van der Waals surface area contributed by atoms with E-state index in [1.54, 1.807) is 0 Å². The molecular formula is C21H34IN3OS. The van der Waals surface area contributed by atoms with Gasteiger partial charge >= 0.3 is 0 Å². The Hall–Kier alpha value is -0.470. The fraction of sp³-hybridized carbons (Fsp3) is 0.667. The highest BCUT2D eigenvalue weighted by molar-refractivity contribution is 14.0. The van der Waals surface area contributed by atoms with Crippen molar-refractivity contribution in [3.05, 3.63) is 35.9 Å². The summed E-state index contributed by atoms with van der Waals surface area (Å²) in [6.07, 6.45) is 9.37. The number of halogens is 1. The number of thioether (sulfide) groups is 1. The van der Waals surface area contributed by atoms with Crippen molar-refractivity contribution in [3.8, 4) is 0 Å². The summed E-state index contributed by atoms with van der Waals surface area (Å²) in [6, 6.07) is 11.5. The summed E-state index contributed by atoms with van der Waals surface area (Å²) >= 11 is 1.96. The molecular weight excluding hydrogens is 469 g/mol. The maximum absolute atomic E-state index is 5.54. The number of aliphatic imine (C=N–C) groups is 1. The van der Waals surface area contributed by atoms with E-state index in [2.05, 4.69) is 52.2 Å². The number of rotatable bonds is 5. The van der Waals surface area contributed by atoms with E-state index in [1.165, 1.54) is 31.2 Å². The minimum Gasteiger partial charge on any atom is -0.381 e. The number of benzene rings is 1. The molecule has 1 aliphatic carbocycles. The van der Waals surface area contributed by atoms with Crippen LogP contribution in [-0.2, 0) is 4.74 Å². The Labute approximate surface area is 185 Å². The van der Waals surface area contributed by atoms with Crippen LogP contribution in [0.1, 0.15) is 50.0 Å². The Morgan fingerprint density at radius 3 is 2.41 bits per heavy atom. The van der Waals surface area contributed by atoms with Crippen molar-refractivity contribution in [3.63, 3.8) is 0 Å². The number of ether oxygens (including phenoxy) is 1. The van der Waals surface area contributed by atoms with Crippen LogP contribution in [0.5, 0.6) is 0 Å². The average Bonchev–Trinajstić information content (AvgIpc) is 2.73. The van der Waals surface area contributed by atoms with Crippen LogP contribution >= 0.6 is 35.7 Å². The molecule has 4 nitrogen and oxygen atoms in total. The first kappa shape index (κ1) is 22.8. The summed E-state index contributed by atoms with van der Waals surface area (Å²) in [5, 5.41) is 7.24. The monoisotopic (exact) mass is 503 g/mol. The van der Waals surface area contributed by atoms with Crippen molar-refractivity contribution in [2.45, 2.75) is 55.2 Å². The molecule has 27 heavy (non-hydrogen) atoms. The van der Waals surface area contributed by atoms with Crippen molar-refractivity contribution >= 4 is 41.7 Å². The Balaban J connectivity index is 0.00000261. The first-order valence-corrected chi connectivity index (χ1v) is 11.1. The maximum atomic E-state index is 5.54. The lowest BCUT2D eigenvalue weighted by Crippen LogP contribution is -2.50. The van der Waals surface area contributed by atoms with Crippen molar-refractivity contribution < 1.29 is 4.74 Å². The summed E-state index contributed by atoms with van der Waals surface area (Å²) in [7, 11) is 1.88. The van der Waals surface area contributed by atoms with E-state index in [-0.39, 0.29) is 28.7 Å². The maximum Gasteiger partial charge on any atom is 0.191 e. The summed E-state index contributed by atoms with van der Waals surface area (Å²) in [6.45, 7) is 2.70. The van der Waals surface area contributed by atoms with E-state index in [0.717, 1.165) is 38.6 Å². The second kappa shape index (κ2) is 11.5. The van der Waals surface area contributed by atoms with E-state index in [9.17, 15) is 0 Å². The van der Waals surface area contributed by atoms with Gasteiger partial charge in [0.1, 0.15) is 0 Å². The number of nitrogens with zero attached hydrogens (tertiary/aromatic N) is 1. The van der Waals surface area contributed by atoms with Crippen LogP contribution in [0.25, 0.3) is 0 Å². The van der Waals surface area contributed by atoms with Gasteiger partial charge in [-0.3, -0.25) is 4.99 Å². The Morgan fingerprint density at radius 2 is 1.81 bits per heavy atom. The van der Waals surface area contributed by atoms with Gasteiger partial charge in [-0.25, -0.2) is 0 Å². The minimum atomic E-state index is 0. The van der Waals surface area contributed by atoms with Gasteiger partial charge in [0.2, 0.25) is 0 Å². The molecule has 0 spiro atoms.